The minimum atomic E-state index is -0.260. The number of H-pyrrole nitrogens is 1. The SMILES string of the molecule is O=C(c1ccc2[nH]c(=S)oc2c1)N1CCOC(c2cccc(O)c2)C1. The third-order valence-electron chi connectivity index (χ3n) is 4.26. The molecule has 1 fully saturated rings. The van der Waals surface area contributed by atoms with E-state index < -0.39 is 0 Å². The fourth-order valence-corrected chi connectivity index (χ4v) is 3.22. The number of nitrogens with one attached hydrogen (secondary N) is 1. The van der Waals surface area contributed by atoms with E-state index >= 15 is 0 Å². The molecule has 1 aromatic heterocycles. The number of ether oxygens (including phenoxy) is 1. The van der Waals surface area contributed by atoms with Crippen molar-refractivity contribution in [3.8, 4) is 5.75 Å². The number of aromatic amines is 1. The number of fused-ring (bicyclic) bond motifs is 1. The van der Waals surface area contributed by atoms with Gasteiger partial charge < -0.3 is 24.1 Å². The van der Waals surface area contributed by atoms with Crippen LogP contribution in [0, 0.1) is 4.84 Å². The quantitative estimate of drug-likeness (QED) is 0.688. The molecule has 0 spiro atoms. The fraction of sp³-hybridized carbons (Fsp3) is 0.222. The van der Waals surface area contributed by atoms with Crippen LogP contribution in [0.5, 0.6) is 5.75 Å². The van der Waals surface area contributed by atoms with Crippen molar-refractivity contribution < 1.29 is 19.1 Å². The van der Waals surface area contributed by atoms with Crippen LogP contribution in [-0.4, -0.2) is 40.6 Å². The zero-order valence-corrected chi connectivity index (χ0v) is 14.1. The average Bonchev–Trinajstić information content (AvgIpc) is 3.00. The third kappa shape index (κ3) is 3.16. The molecule has 6 nitrogen and oxygen atoms in total. The first-order valence-corrected chi connectivity index (χ1v) is 8.34. The molecule has 0 bridgehead atoms. The van der Waals surface area contributed by atoms with E-state index in [9.17, 15) is 9.90 Å². The lowest BCUT2D eigenvalue weighted by Crippen LogP contribution is -2.42. The van der Waals surface area contributed by atoms with Crippen molar-refractivity contribution in [3.63, 3.8) is 0 Å². The topological polar surface area (TPSA) is 78.7 Å². The highest BCUT2D eigenvalue weighted by atomic mass is 32.1. The Morgan fingerprint density at radius 1 is 1.28 bits per heavy atom. The van der Waals surface area contributed by atoms with Gasteiger partial charge in [-0.15, -0.1) is 0 Å². The van der Waals surface area contributed by atoms with Gasteiger partial charge in [-0.1, -0.05) is 12.1 Å². The summed E-state index contributed by atoms with van der Waals surface area (Å²) in [5, 5.41) is 9.64. The Labute approximate surface area is 148 Å². The Kier molecular flexibility index (Phi) is 4.03. The molecular formula is C18H16N2O4S. The van der Waals surface area contributed by atoms with Crippen molar-refractivity contribution in [1.82, 2.24) is 9.88 Å². The van der Waals surface area contributed by atoms with E-state index in [2.05, 4.69) is 4.98 Å². The first kappa shape index (κ1) is 15.9. The van der Waals surface area contributed by atoms with E-state index in [1.807, 2.05) is 6.07 Å². The average molecular weight is 356 g/mol. The van der Waals surface area contributed by atoms with Crippen LogP contribution in [0.25, 0.3) is 11.1 Å². The van der Waals surface area contributed by atoms with Crippen molar-refractivity contribution >= 4 is 29.2 Å². The predicted molar refractivity (Wildman–Crippen MR) is 94.1 cm³/mol. The van der Waals surface area contributed by atoms with Gasteiger partial charge in [0.1, 0.15) is 11.9 Å². The Balaban J connectivity index is 1.57. The van der Waals surface area contributed by atoms with Crippen LogP contribution in [0.4, 0.5) is 0 Å². The van der Waals surface area contributed by atoms with Crippen LogP contribution in [0.15, 0.2) is 46.9 Å². The highest BCUT2D eigenvalue weighted by Gasteiger charge is 2.26. The lowest BCUT2D eigenvalue weighted by Gasteiger charge is -2.33. The first-order valence-electron chi connectivity index (χ1n) is 7.93. The molecule has 0 aliphatic carbocycles. The van der Waals surface area contributed by atoms with Gasteiger partial charge in [-0.25, -0.2) is 0 Å². The largest absolute Gasteiger partial charge is 0.508 e. The summed E-state index contributed by atoms with van der Waals surface area (Å²) in [6.45, 7) is 1.39. The van der Waals surface area contributed by atoms with E-state index in [0.29, 0.717) is 30.8 Å². The smallest absolute Gasteiger partial charge is 0.266 e. The minimum Gasteiger partial charge on any atom is -0.508 e. The van der Waals surface area contributed by atoms with Crippen LogP contribution < -0.4 is 0 Å². The number of benzene rings is 2. The van der Waals surface area contributed by atoms with Crippen molar-refractivity contribution in [2.24, 2.45) is 0 Å². The van der Waals surface area contributed by atoms with Gasteiger partial charge in [-0.3, -0.25) is 4.79 Å². The highest BCUT2D eigenvalue weighted by Crippen LogP contribution is 2.26. The first-order chi connectivity index (χ1) is 12.1. The normalized spacial score (nSPS) is 17.8. The summed E-state index contributed by atoms with van der Waals surface area (Å²) in [6.07, 6.45) is -0.260. The number of carbonyl (C=O) groups is 1. The van der Waals surface area contributed by atoms with Crippen LogP contribution in [0.2, 0.25) is 0 Å². The number of nitrogens with zero attached hydrogens (tertiary/aromatic N) is 1. The standard InChI is InChI=1S/C18H16N2O4S/c21-13-3-1-2-11(8-13)16-10-20(6-7-23-16)17(22)12-4-5-14-15(9-12)24-18(25)19-14/h1-5,8-9,16,21H,6-7,10H2,(H,19,25). The molecule has 2 aromatic carbocycles. The summed E-state index contributed by atoms with van der Waals surface area (Å²) in [6, 6.07) is 12.2. The molecule has 1 atom stereocenters. The van der Waals surface area contributed by atoms with Crippen LogP contribution in [0.3, 0.4) is 0 Å². The number of carbonyl (C=O) groups excluding carboxylic acids is 1. The summed E-state index contributed by atoms with van der Waals surface area (Å²) in [5.74, 6) is 0.0986. The summed E-state index contributed by atoms with van der Waals surface area (Å²) in [4.78, 5) is 17.8. The second kappa shape index (κ2) is 6.34. The van der Waals surface area contributed by atoms with Gasteiger partial charge in [0.25, 0.3) is 10.7 Å². The number of oxazole rings is 1. The number of phenols is 1. The van der Waals surface area contributed by atoms with Crippen LogP contribution >= 0.6 is 12.2 Å². The maximum Gasteiger partial charge on any atom is 0.266 e. The molecule has 2 N–H and O–H groups in total. The van der Waals surface area contributed by atoms with Gasteiger partial charge >= 0.3 is 0 Å². The molecule has 128 valence electrons. The lowest BCUT2D eigenvalue weighted by molar-refractivity contribution is -0.0228. The molecule has 1 saturated heterocycles. The molecule has 4 rings (SSSR count). The zero-order valence-electron chi connectivity index (χ0n) is 13.3. The van der Waals surface area contributed by atoms with E-state index in [1.54, 1.807) is 41.3 Å². The van der Waals surface area contributed by atoms with Crippen LogP contribution in [0.1, 0.15) is 22.0 Å². The maximum absolute atomic E-state index is 12.8. The zero-order chi connectivity index (χ0) is 17.4. The van der Waals surface area contributed by atoms with Crippen molar-refractivity contribution in [2.75, 3.05) is 19.7 Å². The number of morpholine rings is 1. The number of hydrogen-bond acceptors (Lipinski definition) is 5. The number of amides is 1. The molecule has 1 amide bonds. The van der Waals surface area contributed by atoms with Gasteiger partial charge in [-0.2, -0.15) is 0 Å². The molecule has 0 radical (unpaired) electrons. The molecule has 1 aliphatic heterocycles. The predicted octanol–water partition coefficient (Wildman–Crippen LogP) is 3.41. The second-order valence-corrected chi connectivity index (χ2v) is 6.30. The number of aromatic nitrogens is 1. The van der Waals surface area contributed by atoms with Gasteiger partial charge in [0.05, 0.1) is 18.7 Å². The lowest BCUT2D eigenvalue weighted by atomic mass is 10.1. The number of phenolic OH excluding ortho intramolecular Hbond substituents is 1. The summed E-state index contributed by atoms with van der Waals surface area (Å²) in [7, 11) is 0. The molecule has 1 aliphatic rings. The van der Waals surface area contributed by atoms with E-state index in [4.69, 9.17) is 21.4 Å². The Bertz CT molecular complexity index is 994. The summed E-state index contributed by atoms with van der Waals surface area (Å²) < 4.78 is 11.2. The maximum atomic E-state index is 12.8. The van der Waals surface area contributed by atoms with Crippen molar-refractivity contribution in [1.29, 1.82) is 0 Å². The summed E-state index contributed by atoms with van der Waals surface area (Å²) in [5.41, 5.74) is 2.72. The molecule has 25 heavy (non-hydrogen) atoms. The Morgan fingerprint density at radius 3 is 3.00 bits per heavy atom. The van der Waals surface area contributed by atoms with Gasteiger partial charge in [0.15, 0.2) is 5.58 Å². The molecular weight excluding hydrogens is 340 g/mol. The monoisotopic (exact) mass is 356 g/mol. The second-order valence-electron chi connectivity index (χ2n) is 5.93. The van der Waals surface area contributed by atoms with E-state index in [1.165, 1.54) is 0 Å². The van der Waals surface area contributed by atoms with E-state index in [-0.39, 0.29) is 22.6 Å². The third-order valence-corrected chi connectivity index (χ3v) is 4.45. The summed E-state index contributed by atoms with van der Waals surface area (Å²) >= 11 is 4.97. The van der Waals surface area contributed by atoms with E-state index in [0.717, 1.165) is 11.1 Å². The minimum absolute atomic E-state index is 0.0855. The number of hydrogen-bond donors (Lipinski definition) is 2. The molecule has 1 unspecified atom stereocenters. The van der Waals surface area contributed by atoms with Gasteiger partial charge in [-0.05, 0) is 48.1 Å². The van der Waals surface area contributed by atoms with Crippen LogP contribution in [-0.2, 0) is 4.74 Å². The number of aromatic hydroxyl groups is 1. The van der Waals surface area contributed by atoms with Crippen molar-refractivity contribution in [2.45, 2.75) is 6.10 Å². The molecule has 0 saturated carbocycles. The van der Waals surface area contributed by atoms with Crippen molar-refractivity contribution in [3.05, 3.63) is 58.4 Å². The molecule has 3 aromatic rings. The number of rotatable bonds is 2. The molecule has 2 heterocycles. The van der Waals surface area contributed by atoms with Gasteiger partial charge in [0.2, 0.25) is 0 Å². The van der Waals surface area contributed by atoms with Gasteiger partial charge in [0, 0.05) is 12.1 Å². The highest BCUT2D eigenvalue weighted by molar-refractivity contribution is 7.71. The Hall–Kier alpha value is -2.64. The fourth-order valence-electron chi connectivity index (χ4n) is 3.02. The Morgan fingerprint density at radius 2 is 2.16 bits per heavy atom. The molecule has 7 heteroatoms.